The molecule has 1 N–H and O–H groups in total. The number of rotatable bonds is 8. The monoisotopic (exact) mass is 298 g/mol. The van der Waals surface area contributed by atoms with Crippen LogP contribution in [0.5, 0.6) is 0 Å². The smallest absolute Gasteiger partial charge is 0.389 e. The molecular weight excluding hydrogens is 273 g/mol. The van der Waals surface area contributed by atoms with Crippen molar-refractivity contribution in [1.29, 1.82) is 0 Å². The maximum atomic E-state index is 12.2. The van der Waals surface area contributed by atoms with Gasteiger partial charge < -0.3 is 9.84 Å². The third kappa shape index (κ3) is 8.04. The zero-order chi connectivity index (χ0) is 15.0. The van der Waals surface area contributed by atoms with Crippen LogP contribution >= 0.6 is 0 Å². The minimum Gasteiger partial charge on any atom is -0.389 e. The maximum Gasteiger partial charge on any atom is 0.401 e. The molecular formula is C13H25F3N2O2. The number of aliphatic hydroxyl groups excluding tert-OH is 1. The number of aliphatic hydroxyl groups is 1. The molecule has 0 radical (unpaired) electrons. The summed E-state index contributed by atoms with van der Waals surface area (Å²) in [6.45, 7) is 4.53. The Morgan fingerprint density at radius 1 is 1.15 bits per heavy atom. The minimum atomic E-state index is -4.13. The predicted octanol–water partition coefficient (Wildman–Crippen LogP) is 1.34. The fraction of sp³-hybridized carbons (Fsp3) is 1.00. The fourth-order valence-electron chi connectivity index (χ4n) is 2.20. The molecule has 0 amide bonds. The molecule has 7 heteroatoms. The van der Waals surface area contributed by atoms with E-state index in [0.717, 1.165) is 12.8 Å². The highest BCUT2D eigenvalue weighted by atomic mass is 19.4. The summed E-state index contributed by atoms with van der Waals surface area (Å²) >= 11 is 0. The summed E-state index contributed by atoms with van der Waals surface area (Å²) < 4.78 is 42.0. The molecule has 0 spiro atoms. The van der Waals surface area contributed by atoms with Crippen LogP contribution in [-0.4, -0.2) is 79.7 Å². The van der Waals surface area contributed by atoms with Gasteiger partial charge in [0.05, 0.1) is 19.3 Å². The summed E-state index contributed by atoms with van der Waals surface area (Å²) in [6.07, 6.45) is -2.67. The second-order valence-corrected chi connectivity index (χ2v) is 5.27. The van der Waals surface area contributed by atoms with Crippen molar-refractivity contribution in [3.8, 4) is 0 Å². The average molecular weight is 298 g/mol. The standard InChI is InChI=1S/C13H25F3N2O2/c1-2-3-8-20-10-12(19)9-17-4-6-18(7-5-17)11-13(14,15)16/h12,19H,2-11H2,1H3. The van der Waals surface area contributed by atoms with E-state index in [4.69, 9.17) is 4.74 Å². The van der Waals surface area contributed by atoms with Crippen molar-refractivity contribution in [1.82, 2.24) is 9.80 Å². The van der Waals surface area contributed by atoms with Crippen LogP contribution in [0.4, 0.5) is 13.2 Å². The van der Waals surface area contributed by atoms with Crippen molar-refractivity contribution in [2.45, 2.75) is 32.0 Å². The maximum absolute atomic E-state index is 12.2. The van der Waals surface area contributed by atoms with Crippen molar-refractivity contribution in [3.05, 3.63) is 0 Å². The first kappa shape index (κ1) is 17.7. The lowest BCUT2D eigenvalue weighted by Gasteiger charge is -2.35. The Bertz CT molecular complexity index is 256. The number of β-amino-alcohol motifs (C(OH)–C–C–N with tert-alkyl or cyclic N) is 1. The number of hydrogen-bond acceptors (Lipinski definition) is 4. The van der Waals surface area contributed by atoms with Crippen LogP contribution in [-0.2, 0) is 4.74 Å². The number of hydrogen-bond donors (Lipinski definition) is 1. The summed E-state index contributed by atoms with van der Waals surface area (Å²) in [7, 11) is 0. The molecule has 120 valence electrons. The summed E-state index contributed by atoms with van der Waals surface area (Å²) in [5.41, 5.74) is 0. The molecule has 1 unspecified atom stereocenters. The van der Waals surface area contributed by atoms with Crippen LogP contribution in [0, 0.1) is 0 Å². The van der Waals surface area contributed by atoms with Crippen LogP contribution in [0.3, 0.4) is 0 Å². The van der Waals surface area contributed by atoms with Crippen molar-refractivity contribution in [3.63, 3.8) is 0 Å². The van der Waals surface area contributed by atoms with E-state index in [1.54, 1.807) is 0 Å². The predicted molar refractivity (Wildman–Crippen MR) is 70.7 cm³/mol. The normalized spacial score (nSPS) is 20.2. The zero-order valence-electron chi connectivity index (χ0n) is 12.0. The SMILES string of the molecule is CCCCOCC(O)CN1CCN(CC(F)(F)F)CC1. The molecule has 0 saturated carbocycles. The first-order chi connectivity index (χ1) is 9.40. The summed E-state index contributed by atoms with van der Waals surface area (Å²) in [5, 5.41) is 9.79. The molecule has 0 aromatic carbocycles. The van der Waals surface area contributed by atoms with E-state index in [9.17, 15) is 18.3 Å². The minimum absolute atomic E-state index is 0.294. The molecule has 0 aromatic rings. The van der Waals surface area contributed by atoms with Crippen LogP contribution in [0.15, 0.2) is 0 Å². The molecule has 1 atom stereocenters. The van der Waals surface area contributed by atoms with Gasteiger partial charge in [0.25, 0.3) is 0 Å². The van der Waals surface area contributed by atoms with E-state index in [2.05, 4.69) is 6.92 Å². The molecule has 20 heavy (non-hydrogen) atoms. The van der Waals surface area contributed by atoms with Gasteiger partial charge in [0, 0.05) is 39.3 Å². The lowest BCUT2D eigenvalue weighted by atomic mass is 10.2. The second-order valence-electron chi connectivity index (χ2n) is 5.27. The van der Waals surface area contributed by atoms with E-state index < -0.39 is 18.8 Å². The third-order valence-electron chi connectivity index (χ3n) is 3.29. The highest BCUT2D eigenvalue weighted by Gasteiger charge is 2.32. The molecule has 1 saturated heterocycles. The van der Waals surface area contributed by atoms with Gasteiger partial charge >= 0.3 is 6.18 Å². The van der Waals surface area contributed by atoms with Crippen molar-refractivity contribution < 1.29 is 23.0 Å². The van der Waals surface area contributed by atoms with E-state index in [-0.39, 0.29) is 0 Å². The number of halogens is 3. The zero-order valence-corrected chi connectivity index (χ0v) is 12.0. The molecule has 1 rings (SSSR count). The summed E-state index contributed by atoms with van der Waals surface area (Å²) in [4.78, 5) is 3.39. The lowest BCUT2D eigenvalue weighted by molar-refractivity contribution is -0.149. The summed E-state index contributed by atoms with van der Waals surface area (Å²) in [5.74, 6) is 0. The topological polar surface area (TPSA) is 35.9 Å². The van der Waals surface area contributed by atoms with E-state index in [1.165, 1.54) is 4.90 Å². The van der Waals surface area contributed by atoms with Crippen LogP contribution in [0.1, 0.15) is 19.8 Å². The first-order valence-electron chi connectivity index (χ1n) is 7.18. The van der Waals surface area contributed by atoms with Gasteiger partial charge in [-0.05, 0) is 6.42 Å². The van der Waals surface area contributed by atoms with Gasteiger partial charge in [-0.3, -0.25) is 9.80 Å². The van der Waals surface area contributed by atoms with E-state index in [0.29, 0.717) is 45.9 Å². The number of piperazine rings is 1. The van der Waals surface area contributed by atoms with Gasteiger partial charge in [-0.15, -0.1) is 0 Å². The molecule has 4 nitrogen and oxygen atoms in total. The molecule has 0 aromatic heterocycles. The van der Waals surface area contributed by atoms with Crippen LogP contribution < -0.4 is 0 Å². The van der Waals surface area contributed by atoms with Gasteiger partial charge in [0.2, 0.25) is 0 Å². The van der Waals surface area contributed by atoms with Crippen molar-refractivity contribution in [2.75, 3.05) is 52.5 Å². The average Bonchev–Trinajstić information content (AvgIpc) is 2.35. The molecule has 0 bridgehead atoms. The Hall–Kier alpha value is -0.370. The lowest BCUT2D eigenvalue weighted by Crippen LogP contribution is -2.51. The Labute approximate surface area is 118 Å². The molecule has 1 aliphatic heterocycles. The Balaban J connectivity index is 2.12. The quantitative estimate of drug-likeness (QED) is 0.686. The van der Waals surface area contributed by atoms with Crippen LogP contribution in [0.25, 0.3) is 0 Å². The fourth-order valence-corrected chi connectivity index (χ4v) is 2.20. The van der Waals surface area contributed by atoms with Gasteiger partial charge in [0.1, 0.15) is 0 Å². The van der Waals surface area contributed by atoms with E-state index in [1.807, 2.05) is 4.90 Å². The number of unbranched alkanes of at least 4 members (excludes halogenated alkanes) is 1. The van der Waals surface area contributed by atoms with Crippen LogP contribution in [0.2, 0.25) is 0 Å². The van der Waals surface area contributed by atoms with Crippen molar-refractivity contribution >= 4 is 0 Å². The molecule has 1 heterocycles. The van der Waals surface area contributed by atoms with E-state index >= 15 is 0 Å². The summed E-state index contributed by atoms with van der Waals surface area (Å²) in [6, 6.07) is 0. The highest BCUT2D eigenvalue weighted by Crippen LogP contribution is 2.17. The Morgan fingerprint density at radius 3 is 2.30 bits per heavy atom. The number of ether oxygens (including phenoxy) is 1. The number of alkyl halides is 3. The Morgan fingerprint density at radius 2 is 1.75 bits per heavy atom. The second kappa shape index (κ2) is 8.81. The molecule has 0 aliphatic carbocycles. The molecule has 1 fully saturated rings. The van der Waals surface area contributed by atoms with Crippen molar-refractivity contribution in [2.24, 2.45) is 0 Å². The van der Waals surface area contributed by atoms with Gasteiger partial charge in [0.15, 0.2) is 0 Å². The Kier molecular flexibility index (Phi) is 7.79. The van der Waals surface area contributed by atoms with Gasteiger partial charge in [-0.1, -0.05) is 13.3 Å². The van der Waals surface area contributed by atoms with Gasteiger partial charge in [-0.2, -0.15) is 13.2 Å². The highest BCUT2D eigenvalue weighted by molar-refractivity contribution is 4.75. The third-order valence-corrected chi connectivity index (χ3v) is 3.29. The van der Waals surface area contributed by atoms with Gasteiger partial charge in [-0.25, -0.2) is 0 Å². The first-order valence-corrected chi connectivity index (χ1v) is 7.18. The molecule has 1 aliphatic rings. The largest absolute Gasteiger partial charge is 0.401 e. The number of nitrogens with zero attached hydrogens (tertiary/aromatic N) is 2.